The van der Waals surface area contributed by atoms with Gasteiger partial charge in [-0.2, -0.15) is 0 Å². The number of carboxylic acids is 1. The summed E-state index contributed by atoms with van der Waals surface area (Å²) in [5.74, 6) is -0.767. The topological polar surface area (TPSA) is 68.7 Å². The lowest BCUT2D eigenvalue weighted by atomic mass is 10.2. The number of nitrogens with zero attached hydrogens (tertiary/aromatic N) is 1. The van der Waals surface area contributed by atoms with Crippen molar-refractivity contribution in [3.63, 3.8) is 0 Å². The summed E-state index contributed by atoms with van der Waals surface area (Å²) in [4.78, 5) is 14.5. The molecule has 1 N–H and O–H groups in total. The number of aromatic carboxylic acids is 1. The number of hydrogen-bond acceptors (Lipinski definition) is 4. The van der Waals surface area contributed by atoms with Crippen LogP contribution in [0.4, 0.5) is 0 Å². The second-order valence-electron chi connectivity index (χ2n) is 2.52. The predicted octanol–water partition coefficient (Wildman–Crippen LogP) is 0.805. The third kappa shape index (κ3) is 2.70. The maximum atomic E-state index is 10.7. The van der Waals surface area contributed by atoms with Gasteiger partial charge < -0.3 is 14.6 Å². The molecule has 76 valence electrons. The molecule has 0 spiro atoms. The summed E-state index contributed by atoms with van der Waals surface area (Å²) in [5.41, 5.74) is 0.108. The number of pyridine rings is 1. The minimum atomic E-state index is -1.03. The maximum Gasteiger partial charge on any atom is 0.339 e. The Morgan fingerprint density at radius 3 is 3.00 bits per heavy atom. The van der Waals surface area contributed by atoms with Gasteiger partial charge in [-0.1, -0.05) is 0 Å². The van der Waals surface area contributed by atoms with Gasteiger partial charge in [-0.15, -0.1) is 0 Å². The minimum Gasteiger partial charge on any atom is -0.489 e. The van der Waals surface area contributed by atoms with Crippen molar-refractivity contribution in [3.8, 4) is 5.75 Å². The first kappa shape index (κ1) is 10.5. The van der Waals surface area contributed by atoms with Gasteiger partial charge in [0, 0.05) is 13.3 Å². The number of carbonyl (C=O) groups is 1. The second kappa shape index (κ2) is 5.18. The Labute approximate surface area is 81.3 Å². The van der Waals surface area contributed by atoms with E-state index < -0.39 is 5.97 Å². The fraction of sp³-hybridized carbons (Fsp3) is 0.333. The molecule has 0 aliphatic carbocycles. The molecule has 0 saturated heterocycles. The predicted molar refractivity (Wildman–Crippen MR) is 48.6 cm³/mol. The van der Waals surface area contributed by atoms with Gasteiger partial charge in [-0.05, 0) is 6.07 Å². The molecule has 0 unspecified atom stereocenters. The van der Waals surface area contributed by atoms with Gasteiger partial charge in [0.2, 0.25) is 0 Å². The van der Waals surface area contributed by atoms with Gasteiger partial charge in [0.1, 0.15) is 12.2 Å². The lowest BCUT2D eigenvalue weighted by molar-refractivity contribution is 0.0689. The van der Waals surface area contributed by atoms with Crippen LogP contribution >= 0.6 is 0 Å². The largest absolute Gasteiger partial charge is 0.489 e. The van der Waals surface area contributed by atoms with Gasteiger partial charge in [-0.25, -0.2) is 4.79 Å². The quantitative estimate of drug-likeness (QED) is 0.707. The molecule has 0 amide bonds. The van der Waals surface area contributed by atoms with Crippen LogP contribution in [-0.2, 0) is 4.74 Å². The van der Waals surface area contributed by atoms with E-state index >= 15 is 0 Å². The zero-order chi connectivity index (χ0) is 10.4. The summed E-state index contributed by atoms with van der Waals surface area (Å²) in [5, 5.41) is 8.78. The molecular formula is C9H11NO4. The smallest absolute Gasteiger partial charge is 0.339 e. The molecule has 0 aliphatic rings. The molecule has 0 fully saturated rings. The second-order valence-corrected chi connectivity index (χ2v) is 2.52. The van der Waals surface area contributed by atoms with E-state index in [0.29, 0.717) is 13.2 Å². The first-order valence-electron chi connectivity index (χ1n) is 4.04. The molecule has 0 radical (unpaired) electrons. The Morgan fingerprint density at radius 2 is 2.36 bits per heavy atom. The van der Waals surface area contributed by atoms with Gasteiger partial charge in [0.15, 0.2) is 5.75 Å². The molecule has 0 aromatic carbocycles. The molecule has 14 heavy (non-hydrogen) atoms. The van der Waals surface area contributed by atoms with Crippen molar-refractivity contribution in [2.24, 2.45) is 0 Å². The van der Waals surface area contributed by atoms with Crippen molar-refractivity contribution in [2.75, 3.05) is 20.3 Å². The molecule has 1 aromatic heterocycles. The van der Waals surface area contributed by atoms with Gasteiger partial charge in [-0.3, -0.25) is 4.98 Å². The highest BCUT2D eigenvalue weighted by molar-refractivity contribution is 5.90. The van der Waals surface area contributed by atoms with E-state index in [4.69, 9.17) is 14.6 Å². The fourth-order valence-corrected chi connectivity index (χ4v) is 0.907. The third-order valence-electron chi connectivity index (χ3n) is 1.56. The van der Waals surface area contributed by atoms with E-state index in [1.54, 1.807) is 7.11 Å². The van der Waals surface area contributed by atoms with Gasteiger partial charge in [0.25, 0.3) is 0 Å². The summed E-state index contributed by atoms with van der Waals surface area (Å²) < 4.78 is 9.94. The standard InChI is InChI=1S/C9H11NO4/c1-13-4-5-14-8-6-10-3-2-7(8)9(11)12/h2-3,6H,4-5H2,1H3,(H,11,12). The Kier molecular flexibility index (Phi) is 3.87. The molecular weight excluding hydrogens is 186 g/mol. The van der Waals surface area contributed by atoms with E-state index in [9.17, 15) is 4.79 Å². The van der Waals surface area contributed by atoms with E-state index in [1.165, 1.54) is 18.5 Å². The number of rotatable bonds is 5. The monoisotopic (exact) mass is 197 g/mol. The maximum absolute atomic E-state index is 10.7. The lowest BCUT2D eigenvalue weighted by Gasteiger charge is -2.06. The normalized spacial score (nSPS) is 9.79. The Bertz CT molecular complexity index is 313. The molecule has 0 bridgehead atoms. The molecule has 0 saturated carbocycles. The van der Waals surface area contributed by atoms with Crippen LogP contribution in [0.3, 0.4) is 0 Å². The first-order valence-corrected chi connectivity index (χ1v) is 4.04. The Morgan fingerprint density at radius 1 is 1.57 bits per heavy atom. The number of carboxylic acid groups (broad SMARTS) is 1. The average molecular weight is 197 g/mol. The van der Waals surface area contributed by atoms with Gasteiger partial charge >= 0.3 is 5.97 Å². The summed E-state index contributed by atoms with van der Waals surface area (Å²) in [6, 6.07) is 1.39. The van der Waals surface area contributed by atoms with Crippen LogP contribution in [0.1, 0.15) is 10.4 Å². The van der Waals surface area contributed by atoms with E-state index in [-0.39, 0.29) is 11.3 Å². The van der Waals surface area contributed by atoms with Crippen LogP contribution in [0.25, 0.3) is 0 Å². The van der Waals surface area contributed by atoms with Crippen LogP contribution in [0.15, 0.2) is 18.5 Å². The molecule has 1 aromatic rings. The number of hydrogen-bond donors (Lipinski definition) is 1. The van der Waals surface area contributed by atoms with Crippen LogP contribution in [0, 0.1) is 0 Å². The number of aromatic nitrogens is 1. The highest BCUT2D eigenvalue weighted by Gasteiger charge is 2.09. The van der Waals surface area contributed by atoms with Crippen molar-refractivity contribution in [1.82, 2.24) is 4.98 Å². The zero-order valence-electron chi connectivity index (χ0n) is 7.77. The van der Waals surface area contributed by atoms with Crippen LogP contribution in [-0.4, -0.2) is 36.4 Å². The van der Waals surface area contributed by atoms with Crippen LogP contribution in [0.5, 0.6) is 5.75 Å². The number of ether oxygens (including phenoxy) is 2. The molecule has 0 atom stereocenters. The molecule has 1 heterocycles. The van der Waals surface area contributed by atoms with Crippen LogP contribution in [0.2, 0.25) is 0 Å². The van der Waals surface area contributed by atoms with E-state index in [0.717, 1.165) is 0 Å². The van der Waals surface area contributed by atoms with E-state index in [2.05, 4.69) is 4.98 Å². The highest BCUT2D eigenvalue weighted by Crippen LogP contribution is 2.15. The molecule has 1 rings (SSSR count). The SMILES string of the molecule is COCCOc1cnccc1C(=O)O. The van der Waals surface area contributed by atoms with Crippen molar-refractivity contribution < 1.29 is 19.4 Å². The lowest BCUT2D eigenvalue weighted by Crippen LogP contribution is -2.08. The number of methoxy groups -OCH3 is 1. The summed E-state index contributed by atoms with van der Waals surface area (Å²) in [7, 11) is 1.55. The van der Waals surface area contributed by atoms with Crippen LogP contribution < -0.4 is 4.74 Å². The fourth-order valence-electron chi connectivity index (χ4n) is 0.907. The molecule has 5 nitrogen and oxygen atoms in total. The third-order valence-corrected chi connectivity index (χ3v) is 1.56. The molecule has 5 heteroatoms. The summed E-state index contributed by atoms with van der Waals surface area (Å²) in [6.07, 6.45) is 2.78. The van der Waals surface area contributed by atoms with Crippen molar-refractivity contribution in [1.29, 1.82) is 0 Å². The van der Waals surface area contributed by atoms with Crippen molar-refractivity contribution >= 4 is 5.97 Å². The summed E-state index contributed by atoms with van der Waals surface area (Å²) in [6.45, 7) is 0.719. The van der Waals surface area contributed by atoms with Gasteiger partial charge in [0.05, 0.1) is 12.8 Å². The highest BCUT2D eigenvalue weighted by atomic mass is 16.5. The average Bonchev–Trinajstić information content (AvgIpc) is 2.19. The summed E-state index contributed by atoms with van der Waals surface area (Å²) >= 11 is 0. The first-order chi connectivity index (χ1) is 6.75. The zero-order valence-corrected chi connectivity index (χ0v) is 7.77. The molecule has 0 aliphatic heterocycles. The van der Waals surface area contributed by atoms with E-state index in [1.807, 2.05) is 0 Å². The Balaban J connectivity index is 2.69. The van der Waals surface area contributed by atoms with Crippen molar-refractivity contribution in [2.45, 2.75) is 0 Å². The Hall–Kier alpha value is -1.62. The minimum absolute atomic E-state index is 0.108. The van der Waals surface area contributed by atoms with Crippen molar-refractivity contribution in [3.05, 3.63) is 24.0 Å².